The lowest BCUT2D eigenvalue weighted by molar-refractivity contribution is 0.152. The molecule has 32 heavy (non-hydrogen) atoms. The van der Waals surface area contributed by atoms with Gasteiger partial charge < -0.3 is 14.7 Å². The van der Waals surface area contributed by atoms with Gasteiger partial charge in [0, 0.05) is 24.2 Å². The minimum atomic E-state index is -0.692. The summed E-state index contributed by atoms with van der Waals surface area (Å²) in [5.41, 5.74) is 8.21. The molecule has 0 amide bonds. The first-order valence-electron chi connectivity index (χ1n) is 10.7. The Labute approximate surface area is 187 Å². The second-order valence-electron chi connectivity index (χ2n) is 8.26. The molecule has 5 rings (SSSR count). The molecule has 0 spiro atoms. The number of hydrogen-bond acceptors (Lipinski definition) is 4. The van der Waals surface area contributed by atoms with Crippen molar-refractivity contribution in [2.75, 3.05) is 0 Å². The van der Waals surface area contributed by atoms with Gasteiger partial charge in [-0.25, -0.2) is 15.0 Å². The molecule has 2 aliphatic rings. The standard InChI is InChI=1S/C26H25N5O/c1-16-4-5-21(12-17(16)2)19-6-8-20(9-7-19)26-29-22-10-11-31(14-24(22)30-26)15-25(32)23-13-27-18(3)28-23/h4-14,25,32H,15H2,1-3H3,(H,27,28). The summed E-state index contributed by atoms with van der Waals surface area (Å²) in [5, 5.41) is 10.5. The molecule has 6 heteroatoms. The van der Waals surface area contributed by atoms with Gasteiger partial charge in [-0.05, 0) is 49.1 Å². The van der Waals surface area contributed by atoms with Gasteiger partial charge in [-0.3, -0.25) is 0 Å². The van der Waals surface area contributed by atoms with Gasteiger partial charge in [0.1, 0.15) is 17.6 Å². The third-order valence-electron chi connectivity index (χ3n) is 5.86. The molecule has 1 aromatic heterocycles. The number of rotatable bonds is 5. The molecule has 2 aromatic carbocycles. The molecule has 3 aromatic rings. The molecule has 0 aliphatic carbocycles. The zero-order chi connectivity index (χ0) is 22.2. The number of aromatic nitrogens is 5. The van der Waals surface area contributed by atoms with Crippen LogP contribution in [0.4, 0.5) is 0 Å². The van der Waals surface area contributed by atoms with E-state index >= 15 is 0 Å². The maximum atomic E-state index is 10.5. The van der Waals surface area contributed by atoms with E-state index in [4.69, 9.17) is 4.98 Å². The molecular formula is C26H25N5O. The van der Waals surface area contributed by atoms with Gasteiger partial charge in [0.25, 0.3) is 0 Å². The largest absolute Gasteiger partial charge is 0.385 e. The minimum absolute atomic E-state index is 0.396. The van der Waals surface area contributed by atoms with Crippen LogP contribution in [0.1, 0.15) is 28.7 Å². The van der Waals surface area contributed by atoms with Gasteiger partial charge >= 0.3 is 0 Å². The summed E-state index contributed by atoms with van der Waals surface area (Å²) in [6, 6.07) is 16.8. The van der Waals surface area contributed by atoms with Crippen LogP contribution in [0, 0.1) is 20.8 Å². The number of fused-ring (bicyclic) bond motifs is 1. The van der Waals surface area contributed by atoms with Crippen LogP contribution in [0.5, 0.6) is 0 Å². The Balaban J connectivity index is 1.38. The number of pyridine rings is 1. The van der Waals surface area contributed by atoms with Gasteiger partial charge in [-0.15, -0.1) is 0 Å². The summed E-state index contributed by atoms with van der Waals surface area (Å²) in [4.78, 5) is 16.7. The van der Waals surface area contributed by atoms with Crippen molar-refractivity contribution in [3.05, 3.63) is 89.8 Å². The number of aliphatic hydroxyl groups excluding tert-OH is 1. The summed E-state index contributed by atoms with van der Waals surface area (Å²) < 4.78 is 1.91. The number of nitrogens with zero attached hydrogens (tertiary/aromatic N) is 4. The topological polar surface area (TPSA) is 79.6 Å². The number of imidazole rings is 2. The maximum absolute atomic E-state index is 10.5. The highest BCUT2D eigenvalue weighted by atomic mass is 16.3. The van der Waals surface area contributed by atoms with Gasteiger partial charge in [-0.2, -0.15) is 0 Å². The molecule has 6 nitrogen and oxygen atoms in total. The molecule has 0 radical (unpaired) electrons. The normalized spacial score (nSPS) is 12.4. The average molecular weight is 424 g/mol. The number of H-pyrrole nitrogens is 1. The monoisotopic (exact) mass is 423 g/mol. The van der Waals surface area contributed by atoms with Gasteiger partial charge in [0.15, 0.2) is 5.82 Å². The fourth-order valence-corrected chi connectivity index (χ4v) is 3.83. The van der Waals surface area contributed by atoms with Crippen LogP contribution in [0.25, 0.3) is 33.9 Å². The van der Waals surface area contributed by atoms with Crippen LogP contribution < -0.4 is 0 Å². The smallest absolute Gasteiger partial charge is 0.160 e. The lowest BCUT2D eigenvalue weighted by Gasteiger charge is -2.12. The van der Waals surface area contributed by atoms with Crippen molar-refractivity contribution >= 4 is 0 Å². The predicted octanol–water partition coefficient (Wildman–Crippen LogP) is 5.10. The summed E-state index contributed by atoms with van der Waals surface area (Å²) in [6.45, 7) is 6.53. The van der Waals surface area contributed by atoms with Crippen LogP contribution >= 0.6 is 0 Å². The van der Waals surface area contributed by atoms with Crippen molar-refractivity contribution in [1.29, 1.82) is 0 Å². The zero-order valence-corrected chi connectivity index (χ0v) is 18.4. The fourth-order valence-electron chi connectivity index (χ4n) is 3.83. The Morgan fingerprint density at radius 2 is 1.56 bits per heavy atom. The lowest BCUT2D eigenvalue weighted by atomic mass is 9.99. The maximum Gasteiger partial charge on any atom is 0.160 e. The molecule has 0 saturated carbocycles. The number of hydrogen-bond donors (Lipinski definition) is 2. The molecule has 2 aliphatic heterocycles. The van der Waals surface area contributed by atoms with Crippen molar-refractivity contribution in [3.63, 3.8) is 0 Å². The fraction of sp³-hybridized carbons (Fsp3) is 0.192. The first-order valence-corrected chi connectivity index (χ1v) is 10.7. The van der Waals surface area contributed by atoms with Crippen molar-refractivity contribution in [2.45, 2.75) is 33.4 Å². The summed E-state index contributed by atoms with van der Waals surface area (Å²) >= 11 is 0. The summed E-state index contributed by atoms with van der Waals surface area (Å²) in [7, 11) is 0. The number of benzene rings is 2. The van der Waals surface area contributed by atoms with Crippen molar-refractivity contribution in [1.82, 2.24) is 24.5 Å². The van der Waals surface area contributed by atoms with Crippen LogP contribution in [-0.4, -0.2) is 29.6 Å². The van der Waals surface area contributed by atoms with Crippen LogP contribution in [0.3, 0.4) is 0 Å². The SMILES string of the molecule is Cc1nc(C(O)Cn2ccc3nc(-c4ccc(-c5ccc(C)c(C)c5)cc4)nc-3c2)c[nH]1. The van der Waals surface area contributed by atoms with Gasteiger partial charge in [-0.1, -0.05) is 42.5 Å². The molecule has 160 valence electrons. The van der Waals surface area contributed by atoms with Crippen molar-refractivity contribution in [2.24, 2.45) is 0 Å². The molecule has 0 saturated heterocycles. The van der Waals surface area contributed by atoms with E-state index in [1.54, 1.807) is 6.20 Å². The van der Waals surface area contributed by atoms with E-state index < -0.39 is 6.10 Å². The van der Waals surface area contributed by atoms with E-state index in [0.717, 1.165) is 22.8 Å². The van der Waals surface area contributed by atoms with Crippen molar-refractivity contribution in [3.8, 4) is 33.9 Å². The minimum Gasteiger partial charge on any atom is -0.385 e. The van der Waals surface area contributed by atoms with E-state index in [-0.39, 0.29) is 0 Å². The quantitative estimate of drug-likeness (QED) is 0.412. The third-order valence-corrected chi connectivity index (χ3v) is 5.86. The first-order chi connectivity index (χ1) is 15.5. The Bertz CT molecular complexity index is 1350. The average Bonchev–Trinajstić information content (AvgIpc) is 3.42. The van der Waals surface area contributed by atoms with Crippen LogP contribution in [-0.2, 0) is 6.54 Å². The molecule has 0 bridgehead atoms. The summed E-state index contributed by atoms with van der Waals surface area (Å²) in [6.07, 6.45) is 4.87. The zero-order valence-electron chi connectivity index (χ0n) is 18.4. The van der Waals surface area contributed by atoms with E-state index in [2.05, 4.69) is 71.3 Å². The predicted molar refractivity (Wildman–Crippen MR) is 125 cm³/mol. The highest BCUT2D eigenvalue weighted by Crippen LogP contribution is 2.28. The van der Waals surface area contributed by atoms with E-state index in [0.29, 0.717) is 18.1 Å². The van der Waals surface area contributed by atoms with Gasteiger partial charge in [0.05, 0.1) is 17.9 Å². The van der Waals surface area contributed by atoms with E-state index in [1.165, 1.54) is 22.3 Å². The second kappa shape index (κ2) is 8.05. The van der Waals surface area contributed by atoms with Crippen LogP contribution in [0.15, 0.2) is 67.1 Å². The van der Waals surface area contributed by atoms with Gasteiger partial charge in [0.2, 0.25) is 0 Å². The van der Waals surface area contributed by atoms with Crippen molar-refractivity contribution < 1.29 is 5.11 Å². The van der Waals surface area contributed by atoms with E-state index in [1.807, 2.05) is 30.0 Å². The highest BCUT2D eigenvalue weighted by molar-refractivity contribution is 5.71. The number of nitrogens with one attached hydrogen (secondary N) is 1. The van der Waals surface area contributed by atoms with E-state index in [9.17, 15) is 5.11 Å². The number of aliphatic hydroxyl groups is 1. The Hall–Kier alpha value is -3.77. The molecule has 3 heterocycles. The number of aryl methyl sites for hydroxylation is 3. The third kappa shape index (κ3) is 3.92. The highest BCUT2D eigenvalue weighted by Gasteiger charge is 2.15. The molecule has 0 fully saturated rings. The molecular weight excluding hydrogens is 398 g/mol. The first kappa shape index (κ1) is 20.2. The summed E-state index contributed by atoms with van der Waals surface area (Å²) in [5.74, 6) is 1.49. The Kier molecular flexibility index (Phi) is 5.07. The molecule has 2 N–H and O–H groups in total. The lowest BCUT2D eigenvalue weighted by Crippen LogP contribution is -2.09. The Morgan fingerprint density at radius 3 is 2.28 bits per heavy atom. The molecule has 1 unspecified atom stereocenters. The second-order valence-corrected chi connectivity index (χ2v) is 8.26. The Morgan fingerprint density at radius 1 is 0.844 bits per heavy atom. The molecule has 1 atom stereocenters. The number of aromatic amines is 1. The van der Waals surface area contributed by atoms with Crippen LogP contribution in [0.2, 0.25) is 0 Å².